The summed E-state index contributed by atoms with van der Waals surface area (Å²) in [5.74, 6) is 5.74. The molecular formula is C57H50N2. The molecule has 0 radical (unpaired) electrons. The zero-order chi connectivity index (χ0) is 38.8. The number of nitriles is 1. The van der Waals surface area contributed by atoms with Crippen molar-refractivity contribution in [1.82, 2.24) is 4.40 Å². The number of hydrogen-bond acceptors (Lipinski definition) is 1. The zero-order valence-electron chi connectivity index (χ0n) is 34.6. The van der Waals surface area contributed by atoms with Crippen molar-refractivity contribution < 1.29 is 0 Å². The van der Waals surface area contributed by atoms with Crippen LogP contribution in [0.4, 0.5) is 0 Å². The molecule has 9 aliphatic carbocycles. The van der Waals surface area contributed by atoms with Gasteiger partial charge in [-0.2, -0.15) is 5.26 Å². The Morgan fingerprint density at radius 2 is 1.19 bits per heavy atom. The highest BCUT2D eigenvalue weighted by Gasteiger charge is 2.47. The highest BCUT2D eigenvalue weighted by atomic mass is 14.9. The molecule has 6 aromatic carbocycles. The van der Waals surface area contributed by atoms with Crippen molar-refractivity contribution in [3.8, 4) is 28.3 Å². The fourth-order valence-electron chi connectivity index (χ4n) is 16.6. The van der Waals surface area contributed by atoms with Crippen molar-refractivity contribution >= 4 is 48.9 Å². The van der Waals surface area contributed by atoms with Crippen molar-refractivity contribution in [2.45, 2.75) is 114 Å². The molecule has 4 fully saturated rings. The summed E-state index contributed by atoms with van der Waals surface area (Å²) in [5, 5.41) is 19.8. The molecule has 4 unspecified atom stereocenters. The first kappa shape index (κ1) is 32.7. The molecule has 0 aliphatic heterocycles. The van der Waals surface area contributed by atoms with E-state index in [1.54, 1.807) is 16.7 Å². The lowest BCUT2D eigenvalue weighted by Gasteiger charge is -2.38. The Balaban J connectivity index is 1.13. The zero-order valence-corrected chi connectivity index (χ0v) is 34.6. The summed E-state index contributed by atoms with van der Waals surface area (Å²) < 4.78 is 2.69. The largest absolute Gasteiger partial charge is 0.308 e. The number of nitrogens with zero attached hydrogens (tertiary/aromatic N) is 2. The van der Waals surface area contributed by atoms with Crippen LogP contribution in [0.1, 0.15) is 146 Å². The van der Waals surface area contributed by atoms with Crippen molar-refractivity contribution in [3.63, 3.8) is 0 Å². The molecule has 9 aliphatic rings. The Bertz CT molecular complexity index is 3260. The molecule has 2 nitrogen and oxygen atoms in total. The summed E-state index contributed by atoms with van der Waals surface area (Å²) >= 11 is 0. The van der Waals surface area contributed by atoms with E-state index in [-0.39, 0.29) is 5.41 Å². The van der Waals surface area contributed by atoms with E-state index in [0.29, 0.717) is 23.7 Å². The van der Waals surface area contributed by atoms with Crippen LogP contribution in [0, 0.1) is 41.9 Å². The Labute approximate surface area is 346 Å². The molecule has 4 atom stereocenters. The predicted molar refractivity (Wildman–Crippen MR) is 242 cm³/mol. The Morgan fingerprint density at radius 1 is 0.542 bits per heavy atom. The van der Waals surface area contributed by atoms with Gasteiger partial charge < -0.3 is 4.40 Å². The topological polar surface area (TPSA) is 28.2 Å². The van der Waals surface area contributed by atoms with E-state index < -0.39 is 0 Å². The summed E-state index contributed by atoms with van der Waals surface area (Å²) in [5.41, 5.74) is 21.3. The number of rotatable bonds is 1. The van der Waals surface area contributed by atoms with E-state index in [1.165, 1.54) is 158 Å². The summed E-state index contributed by atoms with van der Waals surface area (Å²) in [7, 11) is 0. The van der Waals surface area contributed by atoms with Gasteiger partial charge in [0.25, 0.3) is 0 Å². The predicted octanol–water partition coefficient (Wildman–Crippen LogP) is 14.9. The third kappa shape index (κ3) is 3.88. The second-order valence-corrected chi connectivity index (χ2v) is 21.5. The smallest absolute Gasteiger partial charge is 0.0995 e. The average molecular weight is 763 g/mol. The van der Waals surface area contributed by atoms with Crippen molar-refractivity contribution in [1.29, 1.82) is 5.26 Å². The van der Waals surface area contributed by atoms with Crippen molar-refractivity contribution in [2.75, 3.05) is 0 Å². The van der Waals surface area contributed by atoms with Gasteiger partial charge in [-0.25, -0.2) is 0 Å². The second kappa shape index (κ2) is 10.8. The van der Waals surface area contributed by atoms with Gasteiger partial charge in [-0.05, 0) is 215 Å². The molecule has 288 valence electrons. The number of aryl methyl sites for hydroxylation is 1. The maximum atomic E-state index is 11.1. The van der Waals surface area contributed by atoms with E-state index in [0.717, 1.165) is 29.2 Å². The van der Waals surface area contributed by atoms with Gasteiger partial charge in [0.1, 0.15) is 0 Å². The lowest BCUT2D eigenvalue weighted by Crippen LogP contribution is -2.25. The third-order valence-corrected chi connectivity index (χ3v) is 18.4. The molecule has 8 bridgehead atoms. The summed E-state index contributed by atoms with van der Waals surface area (Å²) in [6.45, 7) is 7.35. The average Bonchev–Trinajstić information content (AvgIpc) is 3.72. The summed E-state index contributed by atoms with van der Waals surface area (Å²) in [6.07, 6.45) is 13.5. The minimum atomic E-state index is -0.0961. The lowest BCUT2D eigenvalue weighted by atomic mass is 9.67. The van der Waals surface area contributed by atoms with Crippen LogP contribution in [-0.4, -0.2) is 4.40 Å². The standard InChI is InChI=1S/C57H50N2/c1-28-42(43-26-46-53(40-9-5-4-8-39(40)43)41-10-6-7-11-45(41)57(46,2)3)25-44-54-47(13-12-38-33-16-29-14-30(17-33)21-35(20-29)51(38)54)59-48-24-37(27-58)50-34-18-31-15-32(19-34)23-36(22-31)52(50)55(48)49(28)56(44)59/h4-13,24-26,29-36H,14-23H2,1-3H3. The minimum Gasteiger partial charge on any atom is -0.308 e. The van der Waals surface area contributed by atoms with E-state index in [4.69, 9.17) is 0 Å². The van der Waals surface area contributed by atoms with Gasteiger partial charge in [0, 0.05) is 27.0 Å². The number of hydrogen-bond donors (Lipinski definition) is 0. The third-order valence-electron chi connectivity index (χ3n) is 18.4. The van der Waals surface area contributed by atoms with Crippen LogP contribution in [0.25, 0.3) is 71.1 Å². The van der Waals surface area contributed by atoms with Crippen LogP contribution in [0.15, 0.2) is 78.9 Å². The van der Waals surface area contributed by atoms with Gasteiger partial charge in [0.2, 0.25) is 0 Å². The maximum absolute atomic E-state index is 11.1. The van der Waals surface area contributed by atoms with Crippen LogP contribution in [0.5, 0.6) is 0 Å². The Hall–Kier alpha value is -5.13. The maximum Gasteiger partial charge on any atom is 0.0995 e. The molecule has 0 N–H and O–H groups in total. The molecule has 0 saturated heterocycles. The van der Waals surface area contributed by atoms with Gasteiger partial charge in [-0.3, -0.25) is 0 Å². The van der Waals surface area contributed by atoms with E-state index in [1.807, 2.05) is 0 Å². The number of fused-ring (bicyclic) bond motifs is 11. The first-order chi connectivity index (χ1) is 28.8. The molecular weight excluding hydrogens is 713 g/mol. The Morgan fingerprint density at radius 3 is 1.92 bits per heavy atom. The quantitative estimate of drug-likeness (QED) is 0.164. The van der Waals surface area contributed by atoms with Crippen LogP contribution >= 0.6 is 0 Å². The van der Waals surface area contributed by atoms with Crippen LogP contribution in [0.3, 0.4) is 0 Å². The molecule has 2 aromatic heterocycles. The van der Waals surface area contributed by atoms with Crippen molar-refractivity contribution in [3.05, 3.63) is 123 Å². The Kier molecular flexibility index (Phi) is 5.97. The SMILES string of the molecule is Cc1c(-c2cc3c(c4ccccc24)-c2ccccc2C3(C)C)cc2c3c4c(ccc3n3c5cc(C#N)c6c(c5c1c23)C1CC2CC(CC6C2)C1)C1CC2CC(C1)CC4C2. The monoisotopic (exact) mass is 762 g/mol. The summed E-state index contributed by atoms with van der Waals surface area (Å²) in [4.78, 5) is 0. The molecule has 59 heavy (non-hydrogen) atoms. The van der Waals surface area contributed by atoms with Gasteiger partial charge in [-0.1, -0.05) is 68.4 Å². The normalized spacial score (nSPS) is 29.1. The van der Waals surface area contributed by atoms with Crippen LogP contribution in [-0.2, 0) is 5.41 Å². The molecule has 0 amide bonds. The first-order valence-corrected chi connectivity index (χ1v) is 23.3. The first-order valence-electron chi connectivity index (χ1n) is 23.3. The van der Waals surface area contributed by atoms with Gasteiger partial charge in [0.15, 0.2) is 0 Å². The molecule has 4 saturated carbocycles. The molecule has 17 rings (SSSR count). The number of aromatic nitrogens is 1. The lowest BCUT2D eigenvalue weighted by molar-refractivity contribution is 0.166. The van der Waals surface area contributed by atoms with E-state index in [2.05, 4.69) is 110 Å². The van der Waals surface area contributed by atoms with E-state index in [9.17, 15) is 5.26 Å². The fraction of sp³-hybridized carbons (Fsp3) is 0.386. The second-order valence-electron chi connectivity index (χ2n) is 21.5. The summed E-state index contributed by atoms with van der Waals surface area (Å²) in [6, 6.07) is 34.1. The van der Waals surface area contributed by atoms with Crippen molar-refractivity contribution in [2.24, 2.45) is 23.7 Å². The van der Waals surface area contributed by atoms with Crippen LogP contribution < -0.4 is 0 Å². The van der Waals surface area contributed by atoms with Gasteiger partial charge >= 0.3 is 0 Å². The van der Waals surface area contributed by atoms with Gasteiger partial charge in [0.05, 0.1) is 28.2 Å². The highest BCUT2D eigenvalue weighted by Crippen LogP contribution is 2.62. The van der Waals surface area contributed by atoms with Crippen LogP contribution in [0.2, 0.25) is 0 Å². The number of benzene rings is 6. The molecule has 8 aromatic rings. The fourth-order valence-corrected chi connectivity index (χ4v) is 16.6. The minimum absolute atomic E-state index is 0.0961. The molecule has 0 spiro atoms. The highest BCUT2D eigenvalue weighted by molar-refractivity contribution is 6.28. The van der Waals surface area contributed by atoms with E-state index >= 15 is 0 Å². The molecule has 2 heterocycles. The van der Waals surface area contributed by atoms with Gasteiger partial charge in [-0.15, -0.1) is 0 Å². The molecule has 2 heteroatoms.